The first kappa shape index (κ1) is 10.1. The van der Waals surface area contributed by atoms with E-state index in [2.05, 4.69) is 0 Å². The first-order valence-electron chi connectivity index (χ1n) is 4.47. The van der Waals surface area contributed by atoms with Gasteiger partial charge >= 0.3 is 0 Å². The van der Waals surface area contributed by atoms with Crippen LogP contribution in [0.1, 0.15) is 19.4 Å². The Kier molecular flexibility index (Phi) is 3.77. The average molecular weight is 180 g/mol. The van der Waals surface area contributed by atoms with Crippen molar-refractivity contribution in [3.8, 4) is 5.75 Å². The van der Waals surface area contributed by atoms with Crippen molar-refractivity contribution >= 4 is 0 Å². The van der Waals surface area contributed by atoms with Crippen LogP contribution < -0.4 is 4.74 Å². The Morgan fingerprint density at radius 3 is 2.23 bits per heavy atom. The first-order valence-corrected chi connectivity index (χ1v) is 4.47. The lowest BCUT2D eigenvalue weighted by molar-refractivity contribution is 0.0657. The minimum atomic E-state index is 0.280. The van der Waals surface area contributed by atoms with Gasteiger partial charge in [-0.1, -0.05) is 12.1 Å². The van der Waals surface area contributed by atoms with E-state index in [1.807, 2.05) is 38.1 Å². The predicted molar refractivity (Wildman–Crippen MR) is 52.9 cm³/mol. The summed E-state index contributed by atoms with van der Waals surface area (Å²) >= 11 is 0. The maximum absolute atomic E-state index is 5.46. The maximum atomic E-state index is 5.46. The fourth-order valence-electron chi connectivity index (χ4n) is 0.985. The van der Waals surface area contributed by atoms with Crippen LogP contribution in [0.15, 0.2) is 24.3 Å². The molecule has 1 rings (SSSR count). The molecule has 0 spiro atoms. The monoisotopic (exact) mass is 180 g/mol. The van der Waals surface area contributed by atoms with E-state index in [0.717, 1.165) is 5.75 Å². The van der Waals surface area contributed by atoms with Gasteiger partial charge in [-0.3, -0.25) is 0 Å². The van der Waals surface area contributed by atoms with E-state index < -0.39 is 0 Å². The van der Waals surface area contributed by atoms with Crippen LogP contribution in [0, 0.1) is 0 Å². The molecule has 0 saturated carbocycles. The second-order valence-electron chi connectivity index (χ2n) is 3.21. The van der Waals surface area contributed by atoms with Crippen LogP contribution in [0.25, 0.3) is 0 Å². The smallest absolute Gasteiger partial charge is 0.118 e. The maximum Gasteiger partial charge on any atom is 0.118 e. The molecule has 0 bridgehead atoms. The lowest BCUT2D eigenvalue weighted by Crippen LogP contribution is -2.01. The zero-order chi connectivity index (χ0) is 9.68. The highest BCUT2D eigenvalue weighted by Gasteiger charge is 1.96. The molecule has 0 aliphatic carbocycles. The van der Waals surface area contributed by atoms with E-state index >= 15 is 0 Å². The van der Waals surface area contributed by atoms with Crippen LogP contribution >= 0.6 is 0 Å². The number of ether oxygens (including phenoxy) is 2. The van der Waals surface area contributed by atoms with Crippen molar-refractivity contribution in [1.82, 2.24) is 0 Å². The summed E-state index contributed by atoms with van der Waals surface area (Å²) < 4.78 is 10.5. The molecule has 1 aromatic rings. The highest BCUT2D eigenvalue weighted by atomic mass is 16.5. The topological polar surface area (TPSA) is 18.5 Å². The third kappa shape index (κ3) is 3.47. The van der Waals surface area contributed by atoms with Crippen molar-refractivity contribution in [3.63, 3.8) is 0 Å². The summed E-state index contributed by atoms with van der Waals surface area (Å²) in [6.07, 6.45) is 0.280. The molecule has 0 aromatic heterocycles. The van der Waals surface area contributed by atoms with Gasteiger partial charge in [0.1, 0.15) is 5.75 Å². The Morgan fingerprint density at radius 1 is 1.15 bits per heavy atom. The molecule has 0 aliphatic rings. The van der Waals surface area contributed by atoms with Gasteiger partial charge < -0.3 is 9.47 Å². The third-order valence-corrected chi connectivity index (χ3v) is 1.74. The summed E-state index contributed by atoms with van der Waals surface area (Å²) in [5, 5.41) is 0. The lowest BCUT2D eigenvalue weighted by atomic mass is 10.2. The highest BCUT2D eigenvalue weighted by molar-refractivity contribution is 5.26. The Bertz CT molecular complexity index is 239. The molecule has 0 fully saturated rings. The highest BCUT2D eigenvalue weighted by Crippen LogP contribution is 2.12. The van der Waals surface area contributed by atoms with Crippen molar-refractivity contribution in [2.45, 2.75) is 26.6 Å². The van der Waals surface area contributed by atoms with Crippen LogP contribution in [-0.2, 0) is 11.3 Å². The van der Waals surface area contributed by atoms with Crippen LogP contribution in [0.4, 0.5) is 0 Å². The minimum Gasteiger partial charge on any atom is -0.497 e. The third-order valence-electron chi connectivity index (χ3n) is 1.74. The van der Waals surface area contributed by atoms with Gasteiger partial charge in [-0.15, -0.1) is 0 Å². The SMILES string of the molecule is COc1ccc(COC(C)C)cc1. The minimum absolute atomic E-state index is 0.280. The molecule has 0 unspecified atom stereocenters. The number of methoxy groups -OCH3 is 1. The van der Waals surface area contributed by atoms with Gasteiger partial charge in [0.25, 0.3) is 0 Å². The summed E-state index contributed by atoms with van der Waals surface area (Å²) in [7, 11) is 1.67. The van der Waals surface area contributed by atoms with Gasteiger partial charge in [-0.05, 0) is 31.5 Å². The summed E-state index contributed by atoms with van der Waals surface area (Å²) in [6, 6.07) is 7.92. The number of hydrogen-bond donors (Lipinski definition) is 0. The zero-order valence-corrected chi connectivity index (χ0v) is 8.41. The second-order valence-corrected chi connectivity index (χ2v) is 3.21. The first-order chi connectivity index (χ1) is 6.22. The molecule has 13 heavy (non-hydrogen) atoms. The van der Waals surface area contributed by atoms with Gasteiger partial charge in [0.2, 0.25) is 0 Å². The van der Waals surface area contributed by atoms with Crippen molar-refractivity contribution in [2.24, 2.45) is 0 Å². The van der Waals surface area contributed by atoms with Crippen molar-refractivity contribution in [3.05, 3.63) is 29.8 Å². The van der Waals surface area contributed by atoms with Gasteiger partial charge in [-0.2, -0.15) is 0 Å². The fraction of sp³-hybridized carbons (Fsp3) is 0.455. The Hall–Kier alpha value is -1.02. The van der Waals surface area contributed by atoms with Crippen molar-refractivity contribution in [1.29, 1.82) is 0 Å². The van der Waals surface area contributed by atoms with Gasteiger partial charge in [0.05, 0.1) is 19.8 Å². The molecule has 0 radical (unpaired) electrons. The van der Waals surface area contributed by atoms with E-state index in [1.54, 1.807) is 7.11 Å². The molecule has 0 heterocycles. The molecule has 0 saturated heterocycles. The average Bonchev–Trinajstić information content (AvgIpc) is 2.15. The Morgan fingerprint density at radius 2 is 1.77 bits per heavy atom. The van der Waals surface area contributed by atoms with E-state index in [4.69, 9.17) is 9.47 Å². The summed E-state index contributed by atoms with van der Waals surface area (Å²) in [5.74, 6) is 0.883. The van der Waals surface area contributed by atoms with Crippen LogP contribution in [0.2, 0.25) is 0 Å². The molecule has 0 amide bonds. The Balaban J connectivity index is 2.49. The van der Waals surface area contributed by atoms with E-state index in [-0.39, 0.29) is 6.10 Å². The van der Waals surface area contributed by atoms with Gasteiger partial charge in [-0.25, -0.2) is 0 Å². The quantitative estimate of drug-likeness (QED) is 0.709. The van der Waals surface area contributed by atoms with Crippen molar-refractivity contribution in [2.75, 3.05) is 7.11 Å². The molecular formula is C11H16O2. The molecular weight excluding hydrogens is 164 g/mol. The molecule has 1 aromatic carbocycles. The number of rotatable bonds is 4. The lowest BCUT2D eigenvalue weighted by Gasteiger charge is -2.07. The van der Waals surface area contributed by atoms with E-state index in [0.29, 0.717) is 6.61 Å². The predicted octanol–water partition coefficient (Wildman–Crippen LogP) is 2.62. The van der Waals surface area contributed by atoms with Gasteiger partial charge in [0, 0.05) is 0 Å². The molecule has 0 aliphatic heterocycles. The number of hydrogen-bond acceptors (Lipinski definition) is 2. The fourth-order valence-corrected chi connectivity index (χ4v) is 0.985. The molecule has 2 nitrogen and oxygen atoms in total. The zero-order valence-electron chi connectivity index (χ0n) is 8.41. The second kappa shape index (κ2) is 4.87. The molecule has 0 atom stereocenters. The van der Waals surface area contributed by atoms with Crippen LogP contribution in [-0.4, -0.2) is 13.2 Å². The summed E-state index contributed by atoms with van der Waals surface area (Å²) in [6.45, 7) is 4.73. The number of benzene rings is 1. The van der Waals surface area contributed by atoms with E-state index in [9.17, 15) is 0 Å². The normalized spacial score (nSPS) is 10.5. The molecule has 0 N–H and O–H groups in total. The van der Waals surface area contributed by atoms with Gasteiger partial charge in [0.15, 0.2) is 0 Å². The summed E-state index contributed by atoms with van der Waals surface area (Å²) in [4.78, 5) is 0. The Labute approximate surface area is 79.5 Å². The summed E-state index contributed by atoms with van der Waals surface area (Å²) in [5.41, 5.74) is 1.18. The van der Waals surface area contributed by atoms with Crippen molar-refractivity contribution < 1.29 is 9.47 Å². The van der Waals surface area contributed by atoms with E-state index in [1.165, 1.54) is 5.56 Å². The largest absolute Gasteiger partial charge is 0.497 e. The molecule has 72 valence electrons. The van der Waals surface area contributed by atoms with Crippen LogP contribution in [0.5, 0.6) is 5.75 Å². The standard InChI is InChI=1S/C11H16O2/c1-9(2)13-8-10-4-6-11(12-3)7-5-10/h4-7,9H,8H2,1-3H3. The molecule has 2 heteroatoms. The van der Waals surface area contributed by atoms with Crippen LogP contribution in [0.3, 0.4) is 0 Å².